The van der Waals surface area contributed by atoms with E-state index in [1.165, 1.54) is 25.2 Å². The highest BCUT2D eigenvalue weighted by atomic mass is 16.5. The van der Waals surface area contributed by atoms with Crippen molar-refractivity contribution in [3.8, 4) is 0 Å². The number of hydrogen-bond acceptors (Lipinski definition) is 1. The number of hydrogen-bond donors (Lipinski definition) is 0. The molecule has 1 fully saturated rings. The van der Waals surface area contributed by atoms with Gasteiger partial charge in [-0.3, -0.25) is 0 Å². The molecule has 0 saturated heterocycles. The van der Waals surface area contributed by atoms with Crippen LogP contribution in [0.1, 0.15) is 47.0 Å². The number of ether oxygens (including phenoxy) is 1. The fourth-order valence-corrected chi connectivity index (χ4v) is 2.81. The Hall–Kier alpha value is -0.530. The van der Waals surface area contributed by atoms with E-state index in [0.717, 1.165) is 0 Å². The molecule has 0 unspecified atom stereocenters. The van der Waals surface area contributed by atoms with Crippen molar-refractivity contribution in [1.29, 1.82) is 0 Å². The summed E-state index contributed by atoms with van der Waals surface area (Å²) in [5.74, 6) is 1.76. The second-order valence-corrected chi connectivity index (χ2v) is 5.15. The Morgan fingerprint density at radius 1 is 1.21 bits per heavy atom. The lowest BCUT2D eigenvalue weighted by atomic mass is 10.1. The van der Waals surface area contributed by atoms with Gasteiger partial charge in [0.2, 0.25) is 0 Å². The predicted molar refractivity (Wildman–Crippen MR) is 57.8 cm³/mol. The Morgan fingerprint density at radius 3 is 2.50 bits per heavy atom. The van der Waals surface area contributed by atoms with Crippen LogP contribution in [0.3, 0.4) is 0 Å². The Balaban J connectivity index is 2.28. The topological polar surface area (TPSA) is 12.2 Å². The van der Waals surface area contributed by atoms with Crippen molar-refractivity contribution in [3.63, 3.8) is 0 Å². The summed E-state index contributed by atoms with van der Waals surface area (Å²) in [7, 11) is 0. The van der Waals surface area contributed by atoms with Crippen molar-refractivity contribution >= 4 is 5.90 Å². The Kier molecular flexibility index (Phi) is 2.54. The first-order chi connectivity index (χ1) is 6.61. The third-order valence-electron chi connectivity index (χ3n) is 3.35. The normalized spacial score (nSPS) is 31.6. The zero-order valence-electron chi connectivity index (χ0n) is 9.79. The van der Waals surface area contributed by atoms with E-state index in [2.05, 4.69) is 32.3 Å². The minimum Gasteiger partial charge on any atom is -0.437 e. The summed E-state index contributed by atoms with van der Waals surface area (Å²) in [5, 5.41) is 0. The van der Waals surface area contributed by atoms with Crippen LogP contribution < -0.4 is 0 Å². The highest BCUT2D eigenvalue weighted by Gasteiger charge is 2.48. The van der Waals surface area contributed by atoms with Crippen molar-refractivity contribution in [2.24, 2.45) is 5.92 Å². The Bertz CT molecular complexity index is 255. The number of fused-ring (bicyclic) bond motifs is 1. The SMILES string of the molecule is CC(C)C1=[N+](C(C)C)[C@H]2CCC[C@H]2O1. The predicted octanol–water partition coefficient (Wildman–Crippen LogP) is 2.41. The molecule has 0 aromatic heterocycles. The van der Waals surface area contributed by atoms with E-state index < -0.39 is 0 Å². The highest BCUT2D eigenvalue weighted by molar-refractivity contribution is 5.74. The van der Waals surface area contributed by atoms with Crippen LogP contribution in [0.5, 0.6) is 0 Å². The van der Waals surface area contributed by atoms with E-state index in [0.29, 0.717) is 24.1 Å². The molecule has 2 rings (SSSR count). The third kappa shape index (κ3) is 1.45. The quantitative estimate of drug-likeness (QED) is 0.618. The second kappa shape index (κ2) is 3.56. The van der Waals surface area contributed by atoms with Crippen molar-refractivity contribution in [3.05, 3.63) is 0 Å². The van der Waals surface area contributed by atoms with Crippen LogP contribution in [0.2, 0.25) is 0 Å². The molecule has 0 amide bonds. The van der Waals surface area contributed by atoms with Crippen LogP contribution in [-0.4, -0.2) is 28.7 Å². The lowest BCUT2D eigenvalue weighted by Gasteiger charge is -2.10. The molecular formula is C12H22NO+. The summed E-state index contributed by atoms with van der Waals surface area (Å²) >= 11 is 0. The number of nitrogens with zero attached hydrogens (tertiary/aromatic N) is 1. The minimum atomic E-state index is 0.495. The molecule has 14 heavy (non-hydrogen) atoms. The first-order valence-corrected chi connectivity index (χ1v) is 5.93. The van der Waals surface area contributed by atoms with Gasteiger partial charge in [-0.2, -0.15) is 4.58 Å². The summed E-state index contributed by atoms with van der Waals surface area (Å²) in [6, 6.07) is 1.26. The van der Waals surface area contributed by atoms with Crippen LogP contribution >= 0.6 is 0 Å². The van der Waals surface area contributed by atoms with Crippen LogP contribution in [0.25, 0.3) is 0 Å². The van der Waals surface area contributed by atoms with Gasteiger partial charge in [-0.05, 0) is 40.5 Å². The van der Waals surface area contributed by atoms with Gasteiger partial charge in [-0.15, -0.1) is 0 Å². The van der Waals surface area contributed by atoms with E-state index in [4.69, 9.17) is 4.74 Å². The minimum absolute atomic E-state index is 0.495. The van der Waals surface area contributed by atoms with Crippen molar-refractivity contribution in [1.82, 2.24) is 0 Å². The molecule has 0 N–H and O–H groups in total. The fraction of sp³-hybridized carbons (Fsp3) is 0.917. The average Bonchev–Trinajstić information content (AvgIpc) is 2.58. The molecule has 80 valence electrons. The largest absolute Gasteiger partial charge is 0.437 e. The summed E-state index contributed by atoms with van der Waals surface area (Å²) in [6.45, 7) is 9.00. The maximum atomic E-state index is 6.06. The lowest BCUT2D eigenvalue weighted by molar-refractivity contribution is -0.588. The molecule has 0 bridgehead atoms. The average molecular weight is 196 g/mol. The maximum absolute atomic E-state index is 6.06. The molecule has 2 heteroatoms. The van der Waals surface area contributed by atoms with E-state index >= 15 is 0 Å². The lowest BCUT2D eigenvalue weighted by Crippen LogP contribution is -2.33. The zero-order chi connectivity index (χ0) is 10.3. The van der Waals surface area contributed by atoms with E-state index in [1.807, 2.05) is 0 Å². The smallest absolute Gasteiger partial charge is 0.339 e. The van der Waals surface area contributed by atoms with Crippen LogP contribution in [0.4, 0.5) is 0 Å². The van der Waals surface area contributed by atoms with Gasteiger partial charge in [0.15, 0.2) is 18.2 Å². The van der Waals surface area contributed by atoms with Gasteiger partial charge in [0.05, 0.1) is 5.92 Å². The molecule has 2 atom stereocenters. The van der Waals surface area contributed by atoms with E-state index in [9.17, 15) is 0 Å². The second-order valence-electron chi connectivity index (χ2n) is 5.15. The first-order valence-electron chi connectivity index (χ1n) is 5.93. The van der Waals surface area contributed by atoms with Gasteiger partial charge in [-0.1, -0.05) is 0 Å². The standard InChI is InChI=1S/C12H22NO/c1-8(2)12-13(9(3)4)10-6-5-7-11(10)14-12/h8-11H,5-7H2,1-4H3/q+1/t10-,11+/m0/s1. The van der Waals surface area contributed by atoms with E-state index in [-0.39, 0.29) is 0 Å². The van der Waals surface area contributed by atoms with Crippen molar-refractivity contribution in [2.75, 3.05) is 0 Å². The van der Waals surface area contributed by atoms with Gasteiger partial charge >= 0.3 is 5.90 Å². The van der Waals surface area contributed by atoms with Crippen LogP contribution in [-0.2, 0) is 4.74 Å². The van der Waals surface area contributed by atoms with Gasteiger partial charge < -0.3 is 4.74 Å². The molecule has 1 aliphatic heterocycles. The molecule has 2 aliphatic rings. The van der Waals surface area contributed by atoms with Crippen molar-refractivity contribution < 1.29 is 9.31 Å². The van der Waals surface area contributed by atoms with Gasteiger partial charge in [-0.25, -0.2) is 0 Å². The van der Waals surface area contributed by atoms with Crippen molar-refractivity contribution in [2.45, 2.75) is 65.1 Å². The molecule has 1 saturated carbocycles. The fourth-order valence-electron chi connectivity index (χ4n) is 2.81. The van der Waals surface area contributed by atoms with Gasteiger partial charge in [0, 0.05) is 6.42 Å². The molecule has 1 aliphatic carbocycles. The van der Waals surface area contributed by atoms with Crippen LogP contribution in [0, 0.1) is 5.92 Å². The summed E-state index contributed by atoms with van der Waals surface area (Å²) < 4.78 is 8.58. The van der Waals surface area contributed by atoms with Gasteiger partial charge in [0.1, 0.15) is 0 Å². The molecule has 2 nitrogen and oxygen atoms in total. The van der Waals surface area contributed by atoms with Gasteiger partial charge in [0.25, 0.3) is 0 Å². The molecule has 0 aromatic carbocycles. The highest BCUT2D eigenvalue weighted by Crippen LogP contribution is 2.32. The van der Waals surface area contributed by atoms with E-state index in [1.54, 1.807) is 0 Å². The van der Waals surface area contributed by atoms with Crippen LogP contribution in [0.15, 0.2) is 0 Å². The Labute approximate surface area is 87.0 Å². The number of rotatable bonds is 2. The summed E-state index contributed by atoms with van der Waals surface area (Å²) in [4.78, 5) is 0. The first kappa shape index (κ1) is 10.0. The summed E-state index contributed by atoms with van der Waals surface area (Å²) in [5.41, 5.74) is 0. The molecule has 1 heterocycles. The maximum Gasteiger partial charge on any atom is 0.339 e. The monoisotopic (exact) mass is 196 g/mol. The molecular weight excluding hydrogens is 174 g/mol. The molecule has 0 aromatic rings. The summed E-state index contributed by atoms with van der Waals surface area (Å²) in [6.07, 6.45) is 4.41. The zero-order valence-corrected chi connectivity index (χ0v) is 9.79. The molecule has 0 spiro atoms. The molecule has 0 radical (unpaired) electrons. The Morgan fingerprint density at radius 2 is 1.93 bits per heavy atom. The third-order valence-corrected chi connectivity index (χ3v) is 3.35.